The smallest absolute Gasteiger partial charge is 0.236 e. The molecule has 6 nitrogen and oxygen atoms in total. The van der Waals surface area contributed by atoms with Crippen LogP contribution < -0.4 is 4.74 Å². The summed E-state index contributed by atoms with van der Waals surface area (Å²) in [6.07, 6.45) is 3.85. The fraction of sp³-hybridized carbons (Fsp3) is 0.222. The fourth-order valence-electron chi connectivity index (χ4n) is 5.55. The molecule has 0 saturated carbocycles. The number of hydrogen-bond acceptors (Lipinski definition) is 6. The number of Topliss-reactive ketones (excluding diaryl/α,β-unsaturated/α-hetero) is 1. The largest absolute Gasteiger partial charge is 0.497 e. The van der Waals surface area contributed by atoms with Crippen LogP contribution in [0.25, 0.3) is 6.08 Å². The van der Waals surface area contributed by atoms with Crippen molar-refractivity contribution in [2.24, 2.45) is 11.8 Å². The second kappa shape index (κ2) is 7.95. The van der Waals surface area contributed by atoms with Crippen molar-refractivity contribution in [3.63, 3.8) is 0 Å². The number of fused-ring (bicyclic) bond motifs is 5. The van der Waals surface area contributed by atoms with E-state index in [1.54, 1.807) is 13.2 Å². The lowest BCUT2D eigenvalue weighted by atomic mass is 9.84. The first kappa shape index (κ1) is 20.9. The molecule has 1 aromatic heterocycles. The lowest BCUT2D eigenvalue weighted by molar-refractivity contribution is -0.142. The molecule has 4 heterocycles. The van der Waals surface area contributed by atoms with Crippen molar-refractivity contribution in [2.45, 2.75) is 18.6 Å². The zero-order valence-corrected chi connectivity index (χ0v) is 19.3. The number of ether oxygens (including phenoxy) is 1. The van der Waals surface area contributed by atoms with Gasteiger partial charge in [-0.2, -0.15) is 0 Å². The Morgan fingerprint density at radius 3 is 2.47 bits per heavy atom. The number of imide groups is 1. The maximum Gasteiger partial charge on any atom is 0.236 e. The molecule has 3 aromatic rings. The van der Waals surface area contributed by atoms with Gasteiger partial charge in [0.2, 0.25) is 11.8 Å². The molecule has 0 aliphatic carbocycles. The first-order chi connectivity index (χ1) is 16.6. The molecule has 0 spiro atoms. The second-order valence-corrected chi connectivity index (χ2v) is 9.73. The number of carbonyl (C=O) groups excluding carboxylic acids is 3. The van der Waals surface area contributed by atoms with Gasteiger partial charge in [-0.1, -0.05) is 42.5 Å². The highest BCUT2D eigenvalue weighted by molar-refractivity contribution is 7.12. The van der Waals surface area contributed by atoms with Gasteiger partial charge in [0.25, 0.3) is 0 Å². The Morgan fingerprint density at radius 2 is 1.74 bits per heavy atom. The zero-order chi connectivity index (χ0) is 23.4. The van der Waals surface area contributed by atoms with Crippen molar-refractivity contribution >= 4 is 35.0 Å². The Labute approximate surface area is 201 Å². The number of carbonyl (C=O) groups is 3. The lowest BCUT2D eigenvalue weighted by Crippen LogP contribution is -2.43. The molecular formula is C27H22N2O4S. The number of nitrogens with zero attached hydrogens (tertiary/aromatic N) is 2. The number of likely N-dealkylation sites (tertiary alicyclic amines) is 1. The molecular weight excluding hydrogens is 448 g/mol. The van der Waals surface area contributed by atoms with Crippen LogP contribution in [-0.4, -0.2) is 40.5 Å². The van der Waals surface area contributed by atoms with Gasteiger partial charge in [-0.05, 0) is 46.3 Å². The zero-order valence-electron chi connectivity index (χ0n) is 18.5. The quantitative estimate of drug-likeness (QED) is 0.414. The number of hydrogen-bond donors (Lipinski definition) is 0. The van der Waals surface area contributed by atoms with Crippen LogP contribution in [-0.2, 0) is 16.1 Å². The molecule has 2 fully saturated rings. The highest BCUT2D eigenvalue weighted by Crippen LogP contribution is 2.53. The molecule has 0 radical (unpaired) electrons. The summed E-state index contributed by atoms with van der Waals surface area (Å²) in [5.74, 6) is -1.22. The first-order valence-electron chi connectivity index (χ1n) is 11.2. The summed E-state index contributed by atoms with van der Waals surface area (Å²) in [7, 11) is 1.59. The first-order valence-corrected chi connectivity index (χ1v) is 12.1. The van der Waals surface area contributed by atoms with Gasteiger partial charge in [0.15, 0.2) is 5.78 Å². The monoisotopic (exact) mass is 470 g/mol. The summed E-state index contributed by atoms with van der Waals surface area (Å²) >= 11 is 1.36. The maximum absolute atomic E-state index is 13.8. The van der Waals surface area contributed by atoms with Crippen LogP contribution in [0.3, 0.4) is 0 Å². The van der Waals surface area contributed by atoms with E-state index in [1.807, 2.05) is 77.2 Å². The molecule has 170 valence electrons. The molecule has 7 heteroatoms. The normalized spacial score (nSPS) is 24.7. The van der Waals surface area contributed by atoms with Crippen LogP contribution in [0.2, 0.25) is 0 Å². The molecule has 0 bridgehead atoms. The Kier molecular flexibility index (Phi) is 4.88. The summed E-state index contributed by atoms with van der Waals surface area (Å²) in [4.78, 5) is 45.0. The summed E-state index contributed by atoms with van der Waals surface area (Å²) in [5.41, 5.74) is 2.83. The van der Waals surface area contributed by atoms with Gasteiger partial charge in [-0.25, -0.2) is 0 Å². The summed E-state index contributed by atoms with van der Waals surface area (Å²) in [6.45, 7) is 0.179. The fourth-order valence-corrected chi connectivity index (χ4v) is 6.25. The number of ketones is 1. The minimum atomic E-state index is -0.721. The van der Waals surface area contributed by atoms with Gasteiger partial charge in [-0.3, -0.25) is 19.3 Å². The number of amides is 2. The van der Waals surface area contributed by atoms with E-state index in [2.05, 4.69) is 0 Å². The van der Waals surface area contributed by atoms with Crippen molar-refractivity contribution in [3.8, 4) is 5.75 Å². The predicted octanol–water partition coefficient (Wildman–Crippen LogP) is 4.15. The number of methoxy groups -OCH3 is 1. The molecule has 2 aromatic carbocycles. The van der Waals surface area contributed by atoms with Gasteiger partial charge < -0.3 is 9.64 Å². The topological polar surface area (TPSA) is 66.9 Å². The van der Waals surface area contributed by atoms with Gasteiger partial charge in [0.05, 0.1) is 36.4 Å². The van der Waals surface area contributed by atoms with E-state index >= 15 is 0 Å². The SMILES string of the molecule is COc1ccc(CN2C(=O)[C@@H]3[C@H](C2=O)[C@@H]2c4ccccc4C=CN2[C@@H]3C(=O)c2cccs2)cc1. The third kappa shape index (κ3) is 3.04. The van der Waals surface area contributed by atoms with Crippen LogP contribution in [0.15, 0.2) is 72.2 Å². The average Bonchev–Trinajstić information content (AvgIpc) is 3.58. The minimum Gasteiger partial charge on any atom is -0.497 e. The van der Waals surface area contributed by atoms with Crippen molar-refractivity contribution < 1.29 is 19.1 Å². The number of thiophene rings is 1. The van der Waals surface area contributed by atoms with E-state index < -0.39 is 17.9 Å². The van der Waals surface area contributed by atoms with E-state index in [0.717, 1.165) is 16.7 Å². The number of rotatable bonds is 5. The molecule has 3 aliphatic rings. The maximum atomic E-state index is 13.8. The van der Waals surface area contributed by atoms with Crippen molar-refractivity contribution in [1.82, 2.24) is 9.80 Å². The highest BCUT2D eigenvalue weighted by Gasteiger charge is 2.64. The highest BCUT2D eigenvalue weighted by atomic mass is 32.1. The van der Waals surface area contributed by atoms with E-state index in [4.69, 9.17) is 4.74 Å². The Bertz CT molecular complexity index is 1310. The molecule has 3 aliphatic heterocycles. The molecule has 2 saturated heterocycles. The van der Waals surface area contributed by atoms with Gasteiger partial charge in [0, 0.05) is 6.20 Å². The van der Waals surface area contributed by atoms with E-state index in [-0.39, 0.29) is 30.2 Å². The summed E-state index contributed by atoms with van der Waals surface area (Å²) < 4.78 is 5.21. The van der Waals surface area contributed by atoms with Crippen molar-refractivity contribution in [3.05, 3.63) is 93.8 Å². The van der Waals surface area contributed by atoms with Crippen LogP contribution in [0.1, 0.15) is 32.4 Å². The van der Waals surface area contributed by atoms with Crippen LogP contribution in [0, 0.1) is 11.8 Å². The lowest BCUT2D eigenvalue weighted by Gasteiger charge is -2.35. The molecule has 0 unspecified atom stereocenters. The predicted molar refractivity (Wildman–Crippen MR) is 128 cm³/mol. The van der Waals surface area contributed by atoms with Crippen molar-refractivity contribution in [2.75, 3.05) is 7.11 Å². The number of benzene rings is 2. The third-order valence-corrected chi connectivity index (χ3v) is 7.97. The Hall–Kier alpha value is -3.71. The van der Waals surface area contributed by atoms with E-state index in [1.165, 1.54) is 16.2 Å². The Morgan fingerprint density at radius 1 is 0.971 bits per heavy atom. The van der Waals surface area contributed by atoms with Crippen molar-refractivity contribution in [1.29, 1.82) is 0 Å². The van der Waals surface area contributed by atoms with E-state index in [0.29, 0.717) is 10.6 Å². The molecule has 4 atom stereocenters. The molecule has 34 heavy (non-hydrogen) atoms. The standard InChI is InChI=1S/C27H22N2O4S/c1-33-18-10-8-16(9-11-18)15-29-26(31)21-22(27(29)32)24(25(30)20-7-4-14-34-20)28-13-12-17-5-2-3-6-19(17)23(21)28/h2-14,21-24H,15H2,1H3/t21-,22+,23-,24-/m0/s1. The van der Waals surface area contributed by atoms with E-state index in [9.17, 15) is 14.4 Å². The summed E-state index contributed by atoms with van der Waals surface area (Å²) in [6, 6.07) is 17.8. The van der Waals surface area contributed by atoms with Gasteiger partial charge >= 0.3 is 0 Å². The Balaban J connectivity index is 1.41. The third-order valence-electron chi connectivity index (χ3n) is 7.09. The van der Waals surface area contributed by atoms with Crippen LogP contribution >= 0.6 is 11.3 Å². The average molecular weight is 471 g/mol. The van der Waals surface area contributed by atoms with Crippen LogP contribution in [0.4, 0.5) is 0 Å². The minimum absolute atomic E-state index is 0.107. The molecule has 0 N–H and O–H groups in total. The van der Waals surface area contributed by atoms with Gasteiger partial charge in [-0.15, -0.1) is 11.3 Å². The molecule has 2 amide bonds. The van der Waals surface area contributed by atoms with Crippen LogP contribution in [0.5, 0.6) is 5.75 Å². The molecule has 6 rings (SSSR count). The second-order valence-electron chi connectivity index (χ2n) is 8.79. The summed E-state index contributed by atoms with van der Waals surface area (Å²) in [5, 5.41) is 1.86. The van der Waals surface area contributed by atoms with Gasteiger partial charge in [0.1, 0.15) is 11.8 Å².